The number of carbonyl (C=O) groups is 2. The standard InChI is InChI=1S/C23H14F4N2O3/c24-15-7-4-8-17(13-15)29-21(30)19(14-5-2-1-3-6-14)20(22(29)31)28-16-9-11-18(12-10-16)32-23(25,26)27/h1-13,28H. The van der Waals surface area contributed by atoms with Crippen molar-refractivity contribution in [2.24, 2.45) is 0 Å². The van der Waals surface area contributed by atoms with Gasteiger partial charge in [0.15, 0.2) is 0 Å². The van der Waals surface area contributed by atoms with Crippen molar-refractivity contribution in [2.45, 2.75) is 6.36 Å². The molecule has 1 aliphatic heterocycles. The fourth-order valence-corrected chi connectivity index (χ4v) is 3.25. The quantitative estimate of drug-likeness (QED) is 0.440. The summed E-state index contributed by atoms with van der Waals surface area (Å²) in [4.78, 5) is 27.2. The number of imide groups is 1. The number of nitrogens with zero attached hydrogens (tertiary/aromatic N) is 1. The summed E-state index contributed by atoms with van der Waals surface area (Å²) < 4.78 is 54.7. The molecule has 0 atom stereocenters. The van der Waals surface area contributed by atoms with Gasteiger partial charge in [-0.3, -0.25) is 9.59 Å². The number of anilines is 2. The number of carbonyl (C=O) groups excluding carboxylic acids is 2. The van der Waals surface area contributed by atoms with Gasteiger partial charge in [-0.25, -0.2) is 9.29 Å². The van der Waals surface area contributed by atoms with Crippen molar-refractivity contribution in [1.82, 2.24) is 0 Å². The Morgan fingerprint density at radius 2 is 1.50 bits per heavy atom. The summed E-state index contributed by atoms with van der Waals surface area (Å²) in [5.74, 6) is -2.44. The molecule has 9 heteroatoms. The van der Waals surface area contributed by atoms with E-state index >= 15 is 0 Å². The second kappa shape index (κ2) is 8.18. The summed E-state index contributed by atoms with van der Waals surface area (Å²) in [5.41, 5.74) is 0.721. The first-order valence-corrected chi connectivity index (χ1v) is 9.30. The second-order valence-electron chi connectivity index (χ2n) is 6.74. The topological polar surface area (TPSA) is 58.6 Å². The lowest BCUT2D eigenvalue weighted by molar-refractivity contribution is -0.274. The monoisotopic (exact) mass is 442 g/mol. The zero-order valence-electron chi connectivity index (χ0n) is 16.2. The normalized spacial score (nSPS) is 14.2. The fourth-order valence-electron chi connectivity index (χ4n) is 3.25. The molecule has 0 unspecified atom stereocenters. The molecule has 2 amide bonds. The molecule has 0 saturated carbocycles. The smallest absolute Gasteiger partial charge is 0.406 e. The van der Waals surface area contributed by atoms with Crippen molar-refractivity contribution in [3.05, 3.63) is 95.9 Å². The Bertz CT molecular complexity index is 1210. The Labute approximate surface area is 179 Å². The molecule has 162 valence electrons. The minimum Gasteiger partial charge on any atom is -0.406 e. The highest BCUT2D eigenvalue weighted by molar-refractivity contribution is 6.46. The average Bonchev–Trinajstić information content (AvgIpc) is 2.98. The van der Waals surface area contributed by atoms with Gasteiger partial charge in [0.25, 0.3) is 11.8 Å². The van der Waals surface area contributed by atoms with Gasteiger partial charge in [-0.05, 0) is 48.0 Å². The van der Waals surface area contributed by atoms with Gasteiger partial charge in [0.1, 0.15) is 17.3 Å². The highest BCUT2D eigenvalue weighted by Crippen LogP contribution is 2.34. The Balaban J connectivity index is 1.72. The van der Waals surface area contributed by atoms with E-state index in [1.54, 1.807) is 30.3 Å². The van der Waals surface area contributed by atoms with Crippen LogP contribution in [0.25, 0.3) is 5.57 Å². The zero-order valence-corrected chi connectivity index (χ0v) is 16.2. The third-order valence-electron chi connectivity index (χ3n) is 4.57. The van der Waals surface area contributed by atoms with E-state index in [1.807, 2.05) is 0 Å². The average molecular weight is 442 g/mol. The molecule has 1 heterocycles. The largest absolute Gasteiger partial charge is 0.573 e. The molecular weight excluding hydrogens is 428 g/mol. The first-order chi connectivity index (χ1) is 15.2. The molecule has 3 aromatic rings. The van der Waals surface area contributed by atoms with Crippen molar-refractivity contribution in [3.8, 4) is 5.75 Å². The van der Waals surface area contributed by atoms with Crippen molar-refractivity contribution in [2.75, 3.05) is 10.2 Å². The van der Waals surface area contributed by atoms with Crippen LogP contribution in [0, 0.1) is 5.82 Å². The fraction of sp³-hybridized carbons (Fsp3) is 0.0435. The molecule has 5 nitrogen and oxygen atoms in total. The van der Waals surface area contributed by atoms with Gasteiger partial charge in [0.05, 0.1) is 11.3 Å². The third-order valence-corrected chi connectivity index (χ3v) is 4.57. The van der Waals surface area contributed by atoms with E-state index in [4.69, 9.17) is 0 Å². The summed E-state index contributed by atoms with van der Waals surface area (Å²) in [7, 11) is 0. The predicted octanol–water partition coefficient (Wildman–Crippen LogP) is 5.12. The van der Waals surface area contributed by atoms with Crippen LogP contribution < -0.4 is 15.0 Å². The molecule has 4 rings (SSSR count). The number of alkyl halides is 3. The molecule has 0 bridgehead atoms. The highest BCUT2D eigenvalue weighted by Gasteiger charge is 2.40. The van der Waals surface area contributed by atoms with E-state index in [-0.39, 0.29) is 22.6 Å². The molecule has 1 aliphatic rings. The maximum absolute atomic E-state index is 13.7. The van der Waals surface area contributed by atoms with E-state index < -0.39 is 29.7 Å². The number of nitrogens with one attached hydrogen (secondary N) is 1. The molecular formula is C23H14F4N2O3. The Kier molecular flexibility index (Phi) is 5.40. The SMILES string of the molecule is O=C1C(Nc2ccc(OC(F)(F)F)cc2)=C(c2ccccc2)C(=O)N1c1cccc(F)c1. The molecule has 0 aromatic heterocycles. The van der Waals surface area contributed by atoms with Gasteiger partial charge in [0, 0.05) is 5.69 Å². The number of benzene rings is 3. The van der Waals surface area contributed by atoms with E-state index in [0.29, 0.717) is 5.56 Å². The Hall–Kier alpha value is -4.14. The zero-order chi connectivity index (χ0) is 22.9. The molecule has 0 radical (unpaired) electrons. The van der Waals surface area contributed by atoms with Gasteiger partial charge >= 0.3 is 6.36 Å². The summed E-state index contributed by atoms with van der Waals surface area (Å²) in [5, 5.41) is 2.81. The van der Waals surface area contributed by atoms with Crippen LogP contribution in [0.15, 0.2) is 84.6 Å². The van der Waals surface area contributed by atoms with Crippen LogP contribution in [-0.2, 0) is 9.59 Å². The lowest BCUT2D eigenvalue weighted by atomic mass is 10.0. The first kappa shape index (κ1) is 21.1. The van der Waals surface area contributed by atoms with E-state index in [9.17, 15) is 27.2 Å². The van der Waals surface area contributed by atoms with Crippen LogP contribution in [0.2, 0.25) is 0 Å². The lowest BCUT2D eigenvalue weighted by Crippen LogP contribution is -2.32. The van der Waals surface area contributed by atoms with Gasteiger partial charge < -0.3 is 10.1 Å². The van der Waals surface area contributed by atoms with Crippen LogP contribution in [0.1, 0.15) is 5.56 Å². The predicted molar refractivity (Wildman–Crippen MR) is 109 cm³/mol. The Morgan fingerprint density at radius 1 is 0.812 bits per heavy atom. The second-order valence-corrected chi connectivity index (χ2v) is 6.74. The van der Waals surface area contributed by atoms with Crippen molar-refractivity contribution >= 4 is 28.8 Å². The molecule has 0 fully saturated rings. The van der Waals surface area contributed by atoms with Gasteiger partial charge in [-0.2, -0.15) is 0 Å². The van der Waals surface area contributed by atoms with Crippen LogP contribution >= 0.6 is 0 Å². The summed E-state index contributed by atoms with van der Waals surface area (Å²) in [6.45, 7) is 0. The number of amides is 2. The minimum atomic E-state index is -4.84. The van der Waals surface area contributed by atoms with E-state index in [1.165, 1.54) is 30.3 Å². The molecule has 0 spiro atoms. The van der Waals surface area contributed by atoms with Crippen molar-refractivity contribution in [1.29, 1.82) is 0 Å². The maximum Gasteiger partial charge on any atom is 0.573 e. The highest BCUT2D eigenvalue weighted by atomic mass is 19.4. The number of hydrogen-bond acceptors (Lipinski definition) is 4. The van der Waals surface area contributed by atoms with Gasteiger partial charge in [0.2, 0.25) is 0 Å². The number of hydrogen-bond donors (Lipinski definition) is 1. The summed E-state index contributed by atoms with van der Waals surface area (Å²) in [6.07, 6.45) is -4.84. The van der Waals surface area contributed by atoms with Crippen LogP contribution in [0.4, 0.5) is 28.9 Å². The van der Waals surface area contributed by atoms with Crippen LogP contribution in [0.5, 0.6) is 5.75 Å². The summed E-state index contributed by atoms with van der Waals surface area (Å²) >= 11 is 0. The van der Waals surface area contributed by atoms with Gasteiger partial charge in [-0.15, -0.1) is 13.2 Å². The first-order valence-electron chi connectivity index (χ1n) is 9.30. The summed E-state index contributed by atoms with van der Waals surface area (Å²) in [6, 6.07) is 18.1. The maximum atomic E-state index is 13.7. The number of ether oxygens (including phenoxy) is 1. The molecule has 0 aliphatic carbocycles. The number of halogens is 4. The molecule has 32 heavy (non-hydrogen) atoms. The van der Waals surface area contributed by atoms with Crippen molar-refractivity contribution < 1.29 is 31.9 Å². The van der Waals surface area contributed by atoms with Crippen LogP contribution in [0.3, 0.4) is 0 Å². The molecule has 0 saturated heterocycles. The van der Waals surface area contributed by atoms with Crippen LogP contribution in [-0.4, -0.2) is 18.2 Å². The van der Waals surface area contributed by atoms with Gasteiger partial charge in [-0.1, -0.05) is 36.4 Å². The minimum absolute atomic E-state index is 0.0514. The third kappa shape index (κ3) is 4.31. The Morgan fingerprint density at radius 3 is 2.12 bits per heavy atom. The molecule has 1 N–H and O–H groups in total. The molecule has 3 aromatic carbocycles. The van der Waals surface area contributed by atoms with E-state index in [0.717, 1.165) is 23.1 Å². The number of rotatable bonds is 5. The van der Waals surface area contributed by atoms with E-state index in [2.05, 4.69) is 10.1 Å². The van der Waals surface area contributed by atoms with Crippen molar-refractivity contribution in [3.63, 3.8) is 0 Å². The lowest BCUT2D eigenvalue weighted by Gasteiger charge is -2.15.